The van der Waals surface area contributed by atoms with Crippen molar-refractivity contribution in [3.05, 3.63) is 59.4 Å². The molecule has 2 rings (SSSR count). The van der Waals surface area contributed by atoms with Crippen LogP contribution in [0.15, 0.2) is 47.4 Å². The standard InChI is InChI=1S/C15H14FNO2S/c1-19-15(18)12-5-3-2-4-10(12)9-20-14-8-11(16)6-7-13(14)17/h2-8H,9,17H2,1H3. The Bertz CT molecular complexity index is 631. The minimum Gasteiger partial charge on any atom is -0.465 e. The van der Waals surface area contributed by atoms with E-state index in [1.54, 1.807) is 12.1 Å². The van der Waals surface area contributed by atoms with Gasteiger partial charge in [0.1, 0.15) is 5.82 Å². The molecule has 0 spiro atoms. The Balaban J connectivity index is 2.19. The highest BCUT2D eigenvalue weighted by Crippen LogP contribution is 2.29. The molecule has 0 atom stereocenters. The van der Waals surface area contributed by atoms with Gasteiger partial charge in [-0.3, -0.25) is 0 Å². The summed E-state index contributed by atoms with van der Waals surface area (Å²) in [4.78, 5) is 12.3. The predicted molar refractivity (Wildman–Crippen MR) is 78.2 cm³/mol. The molecular formula is C15H14FNO2S. The number of carbonyl (C=O) groups excluding carboxylic acids is 1. The summed E-state index contributed by atoms with van der Waals surface area (Å²) in [6.07, 6.45) is 0. The van der Waals surface area contributed by atoms with Gasteiger partial charge >= 0.3 is 5.97 Å². The first-order valence-electron chi connectivity index (χ1n) is 5.96. The van der Waals surface area contributed by atoms with E-state index < -0.39 is 0 Å². The third-order valence-electron chi connectivity index (χ3n) is 2.78. The topological polar surface area (TPSA) is 52.3 Å². The van der Waals surface area contributed by atoms with Crippen molar-refractivity contribution in [2.45, 2.75) is 10.6 Å². The molecule has 20 heavy (non-hydrogen) atoms. The SMILES string of the molecule is COC(=O)c1ccccc1CSc1cc(F)ccc1N. The summed E-state index contributed by atoms with van der Waals surface area (Å²) in [5.41, 5.74) is 7.66. The van der Waals surface area contributed by atoms with E-state index in [-0.39, 0.29) is 11.8 Å². The fourth-order valence-electron chi connectivity index (χ4n) is 1.74. The Labute approximate surface area is 120 Å². The maximum absolute atomic E-state index is 13.2. The third-order valence-corrected chi connectivity index (χ3v) is 3.90. The summed E-state index contributed by atoms with van der Waals surface area (Å²) in [6, 6.07) is 11.4. The number of hydrogen-bond donors (Lipinski definition) is 1. The molecule has 0 aliphatic carbocycles. The van der Waals surface area contributed by atoms with Crippen molar-refractivity contribution in [3.8, 4) is 0 Å². The first-order valence-corrected chi connectivity index (χ1v) is 6.94. The summed E-state index contributed by atoms with van der Waals surface area (Å²) < 4.78 is 17.9. The Morgan fingerprint density at radius 1 is 1.30 bits per heavy atom. The van der Waals surface area contributed by atoms with Gasteiger partial charge in [0.25, 0.3) is 0 Å². The van der Waals surface area contributed by atoms with Crippen molar-refractivity contribution in [2.75, 3.05) is 12.8 Å². The van der Waals surface area contributed by atoms with Gasteiger partial charge in [0, 0.05) is 16.3 Å². The smallest absolute Gasteiger partial charge is 0.338 e. The minimum absolute atomic E-state index is 0.331. The van der Waals surface area contributed by atoms with Crippen molar-refractivity contribution >= 4 is 23.4 Å². The molecule has 0 unspecified atom stereocenters. The molecule has 2 N–H and O–H groups in total. The molecule has 0 saturated heterocycles. The van der Waals surface area contributed by atoms with Crippen LogP contribution in [0.3, 0.4) is 0 Å². The van der Waals surface area contributed by atoms with Gasteiger partial charge in [-0.05, 0) is 29.8 Å². The van der Waals surface area contributed by atoms with Crippen molar-refractivity contribution in [3.63, 3.8) is 0 Å². The predicted octanol–water partition coefficient (Wildman–Crippen LogP) is 3.49. The molecule has 2 aromatic rings. The summed E-state index contributed by atoms with van der Waals surface area (Å²) >= 11 is 1.38. The number of anilines is 1. The average Bonchev–Trinajstić information content (AvgIpc) is 2.47. The Morgan fingerprint density at radius 3 is 2.80 bits per heavy atom. The number of halogens is 1. The summed E-state index contributed by atoms with van der Waals surface area (Å²) in [7, 11) is 1.34. The van der Waals surface area contributed by atoms with E-state index in [4.69, 9.17) is 10.5 Å². The molecular weight excluding hydrogens is 277 g/mol. The van der Waals surface area contributed by atoms with Crippen molar-refractivity contribution in [1.82, 2.24) is 0 Å². The average molecular weight is 291 g/mol. The molecule has 0 aliphatic rings. The lowest BCUT2D eigenvalue weighted by atomic mass is 10.1. The quantitative estimate of drug-likeness (QED) is 0.532. The van der Waals surface area contributed by atoms with Gasteiger partial charge in [-0.25, -0.2) is 9.18 Å². The lowest BCUT2D eigenvalue weighted by Crippen LogP contribution is -2.04. The Kier molecular flexibility index (Phi) is 4.63. The number of methoxy groups -OCH3 is 1. The number of hydrogen-bond acceptors (Lipinski definition) is 4. The second-order valence-corrected chi connectivity index (χ2v) is 5.14. The van der Waals surface area contributed by atoms with Crippen LogP contribution in [0, 0.1) is 5.82 Å². The Morgan fingerprint density at radius 2 is 2.05 bits per heavy atom. The molecule has 0 saturated carbocycles. The van der Waals surface area contributed by atoms with Crippen molar-refractivity contribution < 1.29 is 13.9 Å². The number of esters is 1. The summed E-state index contributed by atoms with van der Waals surface area (Å²) in [5.74, 6) is -0.199. The van der Waals surface area contributed by atoms with E-state index in [9.17, 15) is 9.18 Å². The monoisotopic (exact) mass is 291 g/mol. The fraction of sp³-hybridized carbons (Fsp3) is 0.133. The van der Waals surface area contributed by atoms with Crippen LogP contribution < -0.4 is 5.73 Å². The lowest BCUT2D eigenvalue weighted by molar-refractivity contribution is 0.0600. The van der Waals surface area contributed by atoms with E-state index in [1.165, 1.54) is 37.1 Å². The lowest BCUT2D eigenvalue weighted by Gasteiger charge is -2.09. The van der Waals surface area contributed by atoms with Gasteiger partial charge in [0.15, 0.2) is 0 Å². The first-order chi connectivity index (χ1) is 9.61. The van der Waals surface area contributed by atoms with Gasteiger partial charge < -0.3 is 10.5 Å². The molecule has 0 amide bonds. The number of thioether (sulfide) groups is 1. The van der Waals surface area contributed by atoms with Crippen molar-refractivity contribution in [1.29, 1.82) is 0 Å². The van der Waals surface area contributed by atoms with Crippen LogP contribution in [0.1, 0.15) is 15.9 Å². The second kappa shape index (κ2) is 6.43. The fourth-order valence-corrected chi connectivity index (χ4v) is 2.74. The normalized spacial score (nSPS) is 10.3. The van der Waals surface area contributed by atoms with Crippen molar-refractivity contribution in [2.24, 2.45) is 0 Å². The van der Waals surface area contributed by atoms with Crippen LogP contribution in [-0.4, -0.2) is 13.1 Å². The van der Waals surface area contributed by atoms with E-state index in [1.807, 2.05) is 12.1 Å². The highest BCUT2D eigenvalue weighted by atomic mass is 32.2. The van der Waals surface area contributed by atoms with Gasteiger partial charge in [-0.2, -0.15) is 0 Å². The number of carbonyl (C=O) groups is 1. The number of nitrogen functional groups attached to an aromatic ring is 1. The minimum atomic E-state index is -0.381. The van der Waals surface area contributed by atoms with Crippen LogP contribution in [0.4, 0.5) is 10.1 Å². The first kappa shape index (κ1) is 14.4. The van der Waals surface area contributed by atoms with E-state index in [2.05, 4.69) is 0 Å². The van der Waals surface area contributed by atoms with E-state index in [0.29, 0.717) is 21.9 Å². The van der Waals surface area contributed by atoms with Crippen LogP contribution in [0.2, 0.25) is 0 Å². The molecule has 0 aliphatic heterocycles. The van der Waals surface area contributed by atoms with Gasteiger partial charge in [0.2, 0.25) is 0 Å². The molecule has 0 bridgehead atoms. The number of benzene rings is 2. The summed E-state index contributed by atoms with van der Waals surface area (Å²) in [6.45, 7) is 0. The van der Waals surface area contributed by atoms with Crippen LogP contribution in [0.25, 0.3) is 0 Å². The van der Waals surface area contributed by atoms with Gasteiger partial charge in [0.05, 0.1) is 12.7 Å². The Hall–Kier alpha value is -2.01. The molecule has 3 nitrogen and oxygen atoms in total. The van der Waals surface area contributed by atoms with Crippen LogP contribution in [-0.2, 0) is 10.5 Å². The number of rotatable bonds is 4. The number of ether oxygens (including phenoxy) is 1. The van der Waals surface area contributed by atoms with E-state index in [0.717, 1.165) is 5.56 Å². The largest absolute Gasteiger partial charge is 0.465 e. The zero-order chi connectivity index (χ0) is 14.5. The van der Waals surface area contributed by atoms with Crippen LogP contribution in [0.5, 0.6) is 0 Å². The highest BCUT2D eigenvalue weighted by molar-refractivity contribution is 7.98. The molecule has 0 fully saturated rings. The maximum atomic E-state index is 13.2. The number of nitrogens with two attached hydrogens (primary N) is 1. The van der Waals surface area contributed by atoms with Gasteiger partial charge in [-0.1, -0.05) is 18.2 Å². The maximum Gasteiger partial charge on any atom is 0.338 e. The molecule has 104 valence electrons. The summed E-state index contributed by atoms with van der Waals surface area (Å²) in [5, 5.41) is 0. The van der Waals surface area contributed by atoms with Crippen LogP contribution >= 0.6 is 11.8 Å². The van der Waals surface area contributed by atoms with Gasteiger partial charge in [-0.15, -0.1) is 11.8 Å². The third kappa shape index (κ3) is 3.30. The zero-order valence-electron chi connectivity index (χ0n) is 10.9. The zero-order valence-corrected chi connectivity index (χ0v) is 11.7. The highest BCUT2D eigenvalue weighted by Gasteiger charge is 2.11. The second-order valence-electron chi connectivity index (χ2n) is 4.12. The molecule has 2 aromatic carbocycles. The molecule has 0 aromatic heterocycles. The molecule has 5 heteroatoms. The molecule has 0 radical (unpaired) electrons. The molecule has 0 heterocycles. The van der Waals surface area contributed by atoms with E-state index >= 15 is 0 Å².